The molecule has 0 aromatic heterocycles. The number of carbonyl (C=O) groups is 1. The van der Waals surface area contributed by atoms with Gasteiger partial charge in [-0.2, -0.15) is 0 Å². The molecule has 0 aliphatic heterocycles. The van der Waals surface area contributed by atoms with Crippen molar-refractivity contribution < 1.29 is 9.53 Å². The van der Waals surface area contributed by atoms with Crippen LogP contribution in [0.25, 0.3) is 16.8 Å². The molecule has 3 aromatic carbocycles. The molecule has 0 aliphatic carbocycles. The number of ether oxygens (including phenoxy) is 1. The first kappa shape index (κ1) is 16.8. The molecular formula is C22H21NO2. The Morgan fingerprint density at radius 3 is 2.56 bits per heavy atom. The van der Waals surface area contributed by atoms with Crippen LogP contribution in [-0.4, -0.2) is 12.5 Å². The molecule has 3 rings (SSSR count). The van der Waals surface area contributed by atoms with E-state index in [0.29, 0.717) is 6.61 Å². The molecule has 0 heterocycles. The van der Waals surface area contributed by atoms with E-state index in [2.05, 4.69) is 30.4 Å². The maximum Gasteiger partial charge on any atom is 0.248 e. The molecular weight excluding hydrogens is 310 g/mol. The van der Waals surface area contributed by atoms with E-state index in [9.17, 15) is 4.79 Å². The second-order valence-corrected chi connectivity index (χ2v) is 5.76. The van der Waals surface area contributed by atoms with Crippen molar-refractivity contribution in [3.63, 3.8) is 0 Å². The quantitative estimate of drug-likeness (QED) is 0.624. The van der Waals surface area contributed by atoms with Crippen LogP contribution in [0, 0.1) is 0 Å². The molecule has 3 aromatic rings. The first-order valence-electron chi connectivity index (χ1n) is 8.46. The van der Waals surface area contributed by atoms with Crippen LogP contribution in [0.15, 0.2) is 72.8 Å². The summed E-state index contributed by atoms with van der Waals surface area (Å²) >= 11 is 0. The Bertz CT molecular complexity index is 877. The summed E-state index contributed by atoms with van der Waals surface area (Å²) in [7, 11) is 0. The fraction of sp³-hybridized carbons (Fsp3) is 0.136. The van der Waals surface area contributed by atoms with E-state index in [-0.39, 0.29) is 5.91 Å². The summed E-state index contributed by atoms with van der Waals surface area (Å²) in [6, 6.07) is 21.6. The normalized spacial score (nSPS) is 10.9. The van der Waals surface area contributed by atoms with Crippen molar-refractivity contribution in [2.45, 2.75) is 13.3 Å². The topological polar surface area (TPSA) is 38.3 Å². The van der Waals surface area contributed by atoms with Gasteiger partial charge in [-0.1, -0.05) is 49.4 Å². The molecule has 3 nitrogen and oxygen atoms in total. The number of fused-ring (bicyclic) bond motifs is 1. The third-order valence-corrected chi connectivity index (χ3v) is 3.83. The largest absolute Gasteiger partial charge is 0.494 e. The highest BCUT2D eigenvalue weighted by Gasteiger charge is 2.01. The second kappa shape index (κ2) is 8.15. The fourth-order valence-electron chi connectivity index (χ4n) is 2.60. The van der Waals surface area contributed by atoms with E-state index >= 15 is 0 Å². The molecule has 126 valence electrons. The molecule has 25 heavy (non-hydrogen) atoms. The Morgan fingerprint density at radius 1 is 1.00 bits per heavy atom. The van der Waals surface area contributed by atoms with Gasteiger partial charge in [-0.3, -0.25) is 4.79 Å². The van der Waals surface area contributed by atoms with Crippen molar-refractivity contribution in [3.8, 4) is 5.75 Å². The smallest absolute Gasteiger partial charge is 0.248 e. The summed E-state index contributed by atoms with van der Waals surface area (Å²) in [6.45, 7) is 2.76. The van der Waals surface area contributed by atoms with Crippen LogP contribution in [0.1, 0.15) is 18.9 Å². The molecule has 1 amide bonds. The number of benzene rings is 3. The zero-order chi connectivity index (χ0) is 17.5. The highest BCUT2D eigenvalue weighted by Crippen LogP contribution is 2.20. The van der Waals surface area contributed by atoms with Gasteiger partial charge in [0.25, 0.3) is 0 Å². The number of rotatable bonds is 6. The van der Waals surface area contributed by atoms with E-state index in [1.807, 2.05) is 54.6 Å². The number of hydrogen-bond acceptors (Lipinski definition) is 2. The van der Waals surface area contributed by atoms with Crippen LogP contribution in [-0.2, 0) is 4.79 Å². The van der Waals surface area contributed by atoms with Crippen molar-refractivity contribution in [1.29, 1.82) is 0 Å². The SMILES string of the molecule is CCCOc1ccc(NC(=O)C=Cc2cccc3ccccc23)cc1. The first-order chi connectivity index (χ1) is 12.3. The van der Waals surface area contributed by atoms with Gasteiger partial charge in [0.05, 0.1) is 6.61 Å². The third-order valence-electron chi connectivity index (χ3n) is 3.83. The monoisotopic (exact) mass is 331 g/mol. The Balaban J connectivity index is 1.66. The Labute approximate surface area is 147 Å². The number of amides is 1. The van der Waals surface area contributed by atoms with Crippen LogP contribution in [0.2, 0.25) is 0 Å². The molecule has 0 aliphatic rings. The molecule has 0 spiro atoms. The standard InChI is InChI=1S/C22H21NO2/c1-2-16-25-20-13-11-19(12-14-20)23-22(24)15-10-18-8-5-7-17-6-3-4-9-21(17)18/h3-15H,2,16H2,1H3,(H,23,24). The van der Waals surface area contributed by atoms with Crippen LogP contribution >= 0.6 is 0 Å². The summed E-state index contributed by atoms with van der Waals surface area (Å²) < 4.78 is 5.53. The summed E-state index contributed by atoms with van der Waals surface area (Å²) in [5.74, 6) is 0.654. The van der Waals surface area contributed by atoms with Gasteiger partial charge in [0.2, 0.25) is 5.91 Å². The predicted octanol–water partition coefficient (Wildman–Crippen LogP) is 5.28. The average Bonchev–Trinajstić information content (AvgIpc) is 2.66. The van der Waals surface area contributed by atoms with Gasteiger partial charge in [0.1, 0.15) is 5.75 Å². The highest BCUT2D eigenvalue weighted by atomic mass is 16.5. The molecule has 0 atom stereocenters. The Kier molecular flexibility index (Phi) is 5.47. The summed E-state index contributed by atoms with van der Waals surface area (Å²) in [4.78, 5) is 12.1. The van der Waals surface area contributed by atoms with Crippen molar-refractivity contribution in [2.24, 2.45) is 0 Å². The van der Waals surface area contributed by atoms with Gasteiger partial charge in [-0.15, -0.1) is 0 Å². The minimum Gasteiger partial charge on any atom is -0.494 e. The molecule has 0 bridgehead atoms. The lowest BCUT2D eigenvalue weighted by Crippen LogP contribution is -2.07. The van der Waals surface area contributed by atoms with Crippen LogP contribution in [0.5, 0.6) is 5.75 Å². The molecule has 0 radical (unpaired) electrons. The molecule has 0 unspecified atom stereocenters. The zero-order valence-electron chi connectivity index (χ0n) is 14.2. The first-order valence-corrected chi connectivity index (χ1v) is 8.46. The maximum atomic E-state index is 12.1. The molecule has 0 saturated heterocycles. The fourth-order valence-corrected chi connectivity index (χ4v) is 2.60. The maximum absolute atomic E-state index is 12.1. The molecule has 0 fully saturated rings. The summed E-state index contributed by atoms with van der Waals surface area (Å²) in [5.41, 5.74) is 1.77. The van der Waals surface area contributed by atoms with E-state index in [4.69, 9.17) is 4.74 Å². The van der Waals surface area contributed by atoms with Gasteiger partial charge in [0.15, 0.2) is 0 Å². The highest BCUT2D eigenvalue weighted by molar-refractivity contribution is 6.03. The number of anilines is 1. The summed E-state index contributed by atoms with van der Waals surface area (Å²) in [6.07, 6.45) is 4.37. The predicted molar refractivity (Wildman–Crippen MR) is 104 cm³/mol. The van der Waals surface area contributed by atoms with E-state index < -0.39 is 0 Å². The number of carbonyl (C=O) groups excluding carboxylic acids is 1. The minimum atomic E-state index is -0.157. The van der Waals surface area contributed by atoms with Gasteiger partial charge >= 0.3 is 0 Å². The lowest BCUT2D eigenvalue weighted by molar-refractivity contribution is -0.111. The van der Waals surface area contributed by atoms with Gasteiger partial charge in [0, 0.05) is 11.8 Å². The van der Waals surface area contributed by atoms with Crippen molar-refractivity contribution in [1.82, 2.24) is 0 Å². The lowest BCUT2D eigenvalue weighted by Gasteiger charge is -2.06. The Morgan fingerprint density at radius 2 is 1.76 bits per heavy atom. The van der Waals surface area contributed by atoms with Gasteiger partial charge in [-0.05, 0) is 53.1 Å². The number of nitrogens with one attached hydrogen (secondary N) is 1. The zero-order valence-corrected chi connectivity index (χ0v) is 14.2. The number of hydrogen-bond donors (Lipinski definition) is 1. The Hall–Kier alpha value is -3.07. The van der Waals surface area contributed by atoms with Crippen molar-refractivity contribution >= 4 is 28.4 Å². The van der Waals surface area contributed by atoms with Crippen LogP contribution < -0.4 is 10.1 Å². The lowest BCUT2D eigenvalue weighted by atomic mass is 10.0. The van der Waals surface area contributed by atoms with Crippen molar-refractivity contribution in [2.75, 3.05) is 11.9 Å². The van der Waals surface area contributed by atoms with Crippen LogP contribution in [0.3, 0.4) is 0 Å². The average molecular weight is 331 g/mol. The van der Waals surface area contributed by atoms with Crippen molar-refractivity contribution in [3.05, 3.63) is 78.4 Å². The molecule has 3 heteroatoms. The third kappa shape index (κ3) is 4.48. The van der Waals surface area contributed by atoms with E-state index in [1.54, 1.807) is 6.08 Å². The van der Waals surface area contributed by atoms with Gasteiger partial charge in [-0.25, -0.2) is 0 Å². The van der Waals surface area contributed by atoms with Gasteiger partial charge < -0.3 is 10.1 Å². The molecule has 1 N–H and O–H groups in total. The van der Waals surface area contributed by atoms with E-state index in [1.165, 1.54) is 0 Å². The second-order valence-electron chi connectivity index (χ2n) is 5.76. The summed E-state index contributed by atoms with van der Waals surface area (Å²) in [5, 5.41) is 5.15. The molecule has 0 saturated carbocycles. The van der Waals surface area contributed by atoms with Crippen LogP contribution in [0.4, 0.5) is 5.69 Å². The van der Waals surface area contributed by atoms with E-state index in [0.717, 1.165) is 34.2 Å². The minimum absolute atomic E-state index is 0.157.